The highest BCUT2D eigenvalue weighted by atomic mass is 16.5. The van der Waals surface area contributed by atoms with E-state index < -0.39 is 0 Å². The fourth-order valence-corrected chi connectivity index (χ4v) is 4.27. The number of hydrogen-bond acceptors (Lipinski definition) is 4. The Kier molecular flexibility index (Phi) is 6.58. The lowest BCUT2D eigenvalue weighted by molar-refractivity contribution is -0.121. The first-order valence-corrected chi connectivity index (χ1v) is 11.0. The zero-order valence-corrected chi connectivity index (χ0v) is 18.8. The molecule has 1 heterocycles. The molecule has 7 nitrogen and oxygen atoms in total. The highest BCUT2D eigenvalue weighted by molar-refractivity contribution is 6.08. The molecule has 3 aromatic rings. The first-order valence-electron chi connectivity index (χ1n) is 11.0. The monoisotopic (exact) mass is 445 g/mol. The number of piperidine rings is 1. The van der Waals surface area contributed by atoms with Crippen LogP contribution in [0.2, 0.25) is 0 Å². The van der Waals surface area contributed by atoms with E-state index in [1.807, 2.05) is 41.3 Å². The van der Waals surface area contributed by atoms with Gasteiger partial charge in [0, 0.05) is 48.3 Å². The van der Waals surface area contributed by atoms with E-state index in [0.29, 0.717) is 42.9 Å². The van der Waals surface area contributed by atoms with Gasteiger partial charge >= 0.3 is 0 Å². The smallest absolute Gasteiger partial charge is 0.254 e. The standard InChI is InChI=1S/C26H27N3O4/c1-17(30)27-19-6-5-7-20(16-19)28-25(31)18-12-14-29(15-13-18)26(32)23-10-11-24(33-2)22-9-4-3-8-21(22)23/h3-11,16,18H,12-15H2,1-2H3,(H,27,30)(H,28,31). The normalized spacial score (nSPS) is 14.1. The highest BCUT2D eigenvalue weighted by Gasteiger charge is 2.28. The summed E-state index contributed by atoms with van der Waals surface area (Å²) in [4.78, 5) is 39.1. The Morgan fingerprint density at radius 3 is 2.21 bits per heavy atom. The van der Waals surface area contributed by atoms with E-state index in [0.717, 1.165) is 16.5 Å². The van der Waals surface area contributed by atoms with Gasteiger partial charge in [-0.3, -0.25) is 14.4 Å². The van der Waals surface area contributed by atoms with Gasteiger partial charge in [0.15, 0.2) is 0 Å². The first kappa shape index (κ1) is 22.3. The molecule has 2 N–H and O–H groups in total. The van der Waals surface area contributed by atoms with Crippen molar-refractivity contribution >= 4 is 39.9 Å². The molecule has 1 aliphatic heterocycles. The van der Waals surface area contributed by atoms with Gasteiger partial charge in [0.25, 0.3) is 5.91 Å². The Hall–Kier alpha value is -3.87. The number of anilines is 2. The summed E-state index contributed by atoms with van der Waals surface area (Å²) in [5.74, 6) is 0.291. The van der Waals surface area contributed by atoms with E-state index in [-0.39, 0.29) is 23.6 Å². The van der Waals surface area contributed by atoms with Crippen LogP contribution in [0.4, 0.5) is 11.4 Å². The van der Waals surface area contributed by atoms with Crippen LogP contribution in [0, 0.1) is 5.92 Å². The lowest BCUT2D eigenvalue weighted by Crippen LogP contribution is -2.41. The van der Waals surface area contributed by atoms with Gasteiger partial charge in [0.05, 0.1) is 7.11 Å². The van der Waals surface area contributed by atoms with Crippen molar-refractivity contribution in [2.24, 2.45) is 5.92 Å². The minimum Gasteiger partial charge on any atom is -0.496 e. The summed E-state index contributed by atoms with van der Waals surface area (Å²) in [5, 5.41) is 7.41. The van der Waals surface area contributed by atoms with Crippen molar-refractivity contribution in [1.82, 2.24) is 4.90 Å². The van der Waals surface area contributed by atoms with Gasteiger partial charge in [-0.2, -0.15) is 0 Å². The van der Waals surface area contributed by atoms with E-state index in [9.17, 15) is 14.4 Å². The number of nitrogens with one attached hydrogen (secondary N) is 2. The third-order valence-electron chi connectivity index (χ3n) is 5.94. The Bertz CT molecular complexity index is 1200. The molecular weight excluding hydrogens is 418 g/mol. The van der Waals surface area contributed by atoms with E-state index in [1.165, 1.54) is 6.92 Å². The number of methoxy groups -OCH3 is 1. The number of fused-ring (bicyclic) bond motifs is 1. The van der Waals surface area contributed by atoms with Crippen molar-refractivity contribution in [3.63, 3.8) is 0 Å². The predicted octanol–water partition coefficient (Wildman–Crippen LogP) is 4.30. The molecule has 7 heteroatoms. The van der Waals surface area contributed by atoms with Gasteiger partial charge in [-0.25, -0.2) is 0 Å². The largest absolute Gasteiger partial charge is 0.496 e. The van der Waals surface area contributed by atoms with Crippen LogP contribution < -0.4 is 15.4 Å². The third-order valence-corrected chi connectivity index (χ3v) is 5.94. The van der Waals surface area contributed by atoms with Crippen molar-refractivity contribution in [3.05, 3.63) is 66.2 Å². The summed E-state index contributed by atoms with van der Waals surface area (Å²) in [6, 6.07) is 18.4. The molecule has 1 fully saturated rings. The lowest BCUT2D eigenvalue weighted by Gasteiger charge is -2.31. The molecule has 170 valence electrons. The molecular formula is C26H27N3O4. The number of carbonyl (C=O) groups is 3. The molecule has 0 aliphatic carbocycles. The van der Waals surface area contributed by atoms with Crippen LogP contribution in [0.25, 0.3) is 10.8 Å². The van der Waals surface area contributed by atoms with Crippen molar-refractivity contribution in [2.45, 2.75) is 19.8 Å². The fourth-order valence-electron chi connectivity index (χ4n) is 4.27. The van der Waals surface area contributed by atoms with Crippen molar-refractivity contribution in [2.75, 3.05) is 30.8 Å². The second kappa shape index (κ2) is 9.73. The van der Waals surface area contributed by atoms with Crippen molar-refractivity contribution in [1.29, 1.82) is 0 Å². The molecule has 0 aromatic heterocycles. The van der Waals surface area contributed by atoms with E-state index in [1.54, 1.807) is 31.4 Å². The molecule has 0 radical (unpaired) electrons. The highest BCUT2D eigenvalue weighted by Crippen LogP contribution is 2.30. The molecule has 3 amide bonds. The number of ether oxygens (including phenoxy) is 1. The number of amides is 3. The topological polar surface area (TPSA) is 87.7 Å². The predicted molar refractivity (Wildman–Crippen MR) is 129 cm³/mol. The number of rotatable bonds is 5. The fraction of sp³-hybridized carbons (Fsp3) is 0.269. The SMILES string of the molecule is COc1ccc(C(=O)N2CCC(C(=O)Nc3cccc(NC(C)=O)c3)CC2)c2ccccc12. The molecule has 4 rings (SSSR count). The summed E-state index contributed by atoms with van der Waals surface area (Å²) in [6.07, 6.45) is 1.19. The van der Waals surface area contributed by atoms with E-state index in [4.69, 9.17) is 4.74 Å². The van der Waals surface area contributed by atoms with Crippen molar-refractivity contribution < 1.29 is 19.1 Å². The van der Waals surface area contributed by atoms with Crippen LogP contribution in [0.1, 0.15) is 30.1 Å². The molecule has 33 heavy (non-hydrogen) atoms. The maximum absolute atomic E-state index is 13.3. The van der Waals surface area contributed by atoms with Gasteiger partial charge in [0.1, 0.15) is 5.75 Å². The third kappa shape index (κ3) is 4.98. The molecule has 0 unspecified atom stereocenters. The van der Waals surface area contributed by atoms with Crippen LogP contribution in [0.15, 0.2) is 60.7 Å². The summed E-state index contributed by atoms with van der Waals surface area (Å²) in [6.45, 7) is 2.47. The molecule has 3 aromatic carbocycles. The zero-order chi connectivity index (χ0) is 23.4. The Labute approximate surface area is 192 Å². The summed E-state index contributed by atoms with van der Waals surface area (Å²) in [5.41, 5.74) is 1.91. The van der Waals surface area contributed by atoms with E-state index in [2.05, 4.69) is 10.6 Å². The molecule has 0 spiro atoms. The van der Waals surface area contributed by atoms with Crippen LogP contribution in [-0.4, -0.2) is 42.8 Å². The molecule has 0 atom stereocenters. The Balaban J connectivity index is 1.40. The van der Waals surface area contributed by atoms with Gasteiger partial charge in [-0.15, -0.1) is 0 Å². The Morgan fingerprint density at radius 2 is 1.55 bits per heavy atom. The van der Waals surface area contributed by atoms with Crippen LogP contribution in [0.5, 0.6) is 5.75 Å². The zero-order valence-electron chi connectivity index (χ0n) is 18.8. The molecule has 0 saturated carbocycles. The average molecular weight is 446 g/mol. The minimum absolute atomic E-state index is 0.0317. The maximum Gasteiger partial charge on any atom is 0.254 e. The van der Waals surface area contributed by atoms with Crippen LogP contribution in [-0.2, 0) is 9.59 Å². The van der Waals surface area contributed by atoms with Gasteiger partial charge in [-0.05, 0) is 48.6 Å². The lowest BCUT2D eigenvalue weighted by atomic mass is 9.94. The summed E-state index contributed by atoms with van der Waals surface area (Å²) >= 11 is 0. The van der Waals surface area contributed by atoms with Crippen LogP contribution in [0.3, 0.4) is 0 Å². The van der Waals surface area contributed by atoms with E-state index >= 15 is 0 Å². The maximum atomic E-state index is 13.3. The first-order chi connectivity index (χ1) is 16.0. The second-order valence-corrected chi connectivity index (χ2v) is 8.18. The number of nitrogens with zero attached hydrogens (tertiary/aromatic N) is 1. The summed E-state index contributed by atoms with van der Waals surface area (Å²) in [7, 11) is 1.62. The van der Waals surface area contributed by atoms with Gasteiger partial charge in [-0.1, -0.05) is 30.3 Å². The molecule has 1 aliphatic rings. The Morgan fingerprint density at radius 1 is 0.879 bits per heavy atom. The molecule has 0 bridgehead atoms. The average Bonchev–Trinajstić information content (AvgIpc) is 2.83. The quantitative estimate of drug-likeness (QED) is 0.613. The number of carbonyl (C=O) groups excluding carboxylic acids is 3. The number of benzene rings is 3. The van der Waals surface area contributed by atoms with Crippen molar-refractivity contribution in [3.8, 4) is 5.75 Å². The molecule has 1 saturated heterocycles. The van der Waals surface area contributed by atoms with Crippen LogP contribution >= 0.6 is 0 Å². The number of likely N-dealkylation sites (tertiary alicyclic amines) is 1. The van der Waals surface area contributed by atoms with Gasteiger partial charge < -0.3 is 20.3 Å². The minimum atomic E-state index is -0.175. The second-order valence-electron chi connectivity index (χ2n) is 8.18. The summed E-state index contributed by atoms with van der Waals surface area (Å²) < 4.78 is 5.43. The van der Waals surface area contributed by atoms with Gasteiger partial charge in [0.2, 0.25) is 11.8 Å². The number of hydrogen-bond donors (Lipinski definition) is 2.